The maximum Gasteiger partial charge on any atom is 0.319 e. The van der Waals surface area contributed by atoms with Crippen molar-refractivity contribution in [1.29, 1.82) is 0 Å². The molecule has 0 bridgehead atoms. The molecule has 164 valence electrons. The number of carbonyl (C=O) groups is 1. The van der Waals surface area contributed by atoms with Crippen molar-refractivity contribution in [3.63, 3.8) is 0 Å². The van der Waals surface area contributed by atoms with E-state index in [0.29, 0.717) is 25.2 Å². The Labute approximate surface area is 187 Å². The van der Waals surface area contributed by atoms with E-state index in [1.807, 2.05) is 48.7 Å². The van der Waals surface area contributed by atoms with Crippen LogP contribution in [0.4, 0.5) is 16.4 Å². The lowest BCUT2D eigenvalue weighted by atomic mass is 10.1. The van der Waals surface area contributed by atoms with E-state index in [9.17, 15) is 4.79 Å². The topological polar surface area (TPSA) is 92.3 Å². The van der Waals surface area contributed by atoms with Gasteiger partial charge < -0.3 is 20.3 Å². The van der Waals surface area contributed by atoms with E-state index in [-0.39, 0.29) is 12.1 Å². The van der Waals surface area contributed by atoms with E-state index in [1.165, 1.54) is 0 Å². The van der Waals surface area contributed by atoms with Crippen molar-refractivity contribution >= 4 is 17.7 Å². The lowest BCUT2D eigenvalue weighted by Gasteiger charge is -2.33. The average Bonchev–Trinajstić information content (AvgIpc) is 3.64. The van der Waals surface area contributed by atoms with Crippen LogP contribution in [-0.2, 0) is 4.74 Å². The van der Waals surface area contributed by atoms with Gasteiger partial charge >= 0.3 is 6.03 Å². The van der Waals surface area contributed by atoms with Crippen LogP contribution in [0.2, 0.25) is 0 Å². The third-order valence-electron chi connectivity index (χ3n) is 5.65. The summed E-state index contributed by atoms with van der Waals surface area (Å²) in [6.07, 6.45) is 5.68. The molecule has 8 heteroatoms. The van der Waals surface area contributed by atoms with Crippen LogP contribution in [0.25, 0.3) is 22.5 Å². The molecule has 0 spiro atoms. The zero-order valence-corrected chi connectivity index (χ0v) is 18.0. The lowest BCUT2D eigenvalue weighted by Crippen LogP contribution is -2.44. The third-order valence-corrected chi connectivity index (χ3v) is 5.65. The Morgan fingerprint density at radius 2 is 1.88 bits per heavy atom. The minimum atomic E-state index is -0.162. The van der Waals surface area contributed by atoms with E-state index < -0.39 is 0 Å². The van der Waals surface area contributed by atoms with Gasteiger partial charge in [0.15, 0.2) is 0 Å². The molecule has 8 nitrogen and oxygen atoms in total. The number of nitrogens with one attached hydrogen (secondary N) is 2. The van der Waals surface area contributed by atoms with Crippen LogP contribution in [0.1, 0.15) is 19.8 Å². The van der Waals surface area contributed by atoms with E-state index in [4.69, 9.17) is 14.7 Å². The molecule has 1 atom stereocenters. The molecule has 0 radical (unpaired) electrons. The van der Waals surface area contributed by atoms with Crippen LogP contribution in [0, 0.1) is 0 Å². The van der Waals surface area contributed by atoms with Gasteiger partial charge in [0, 0.05) is 41.8 Å². The maximum atomic E-state index is 12.0. The first-order valence-electron chi connectivity index (χ1n) is 11.0. The van der Waals surface area contributed by atoms with Crippen LogP contribution in [0.15, 0.2) is 54.9 Å². The zero-order valence-electron chi connectivity index (χ0n) is 18.0. The van der Waals surface area contributed by atoms with Crippen molar-refractivity contribution in [2.24, 2.45) is 0 Å². The smallest absolute Gasteiger partial charge is 0.319 e. The number of hydrogen-bond donors (Lipinski definition) is 2. The number of hydrogen-bond acceptors (Lipinski definition) is 6. The number of ether oxygens (including phenoxy) is 1. The molecule has 2 amide bonds. The highest BCUT2D eigenvalue weighted by Crippen LogP contribution is 2.28. The molecule has 2 aliphatic rings. The van der Waals surface area contributed by atoms with E-state index in [0.717, 1.165) is 47.6 Å². The first-order chi connectivity index (χ1) is 15.7. The normalized spacial score (nSPS) is 18.3. The molecule has 0 unspecified atom stereocenters. The zero-order chi connectivity index (χ0) is 21.9. The fraction of sp³-hybridized carbons (Fsp3) is 0.333. The van der Waals surface area contributed by atoms with Gasteiger partial charge in [0.05, 0.1) is 30.6 Å². The van der Waals surface area contributed by atoms with Gasteiger partial charge in [-0.05, 0) is 50.1 Å². The van der Waals surface area contributed by atoms with Gasteiger partial charge in [0.1, 0.15) is 0 Å². The molecular weight excluding hydrogens is 404 g/mol. The molecule has 1 saturated heterocycles. The second-order valence-corrected chi connectivity index (χ2v) is 8.25. The van der Waals surface area contributed by atoms with Crippen molar-refractivity contribution in [1.82, 2.24) is 20.3 Å². The fourth-order valence-corrected chi connectivity index (χ4v) is 3.70. The highest BCUT2D eigenvalue weighted by atomic mass is 16.5. The van der Waals surface area contributed by atoms with Gasteiger partial charge in [-0.3, -0.25) is 4.98 Å². The summed E-state index contributed by atoms with van der Waals surface area (Å²) in [6.45, 7) is 4.17. The molecule has 32 heavy (non-hydrogen) atoms. The number of aromatic nitrogens is 3. The Hall–Kier alpha value is -3.52. The molecule has 2 fully saturated rings. The van der Waals surface area contributed by atoms with Gasteiger partial charge in [-0.15, -0.1) is 0 Å². The first-order valence-corrected chi connectivity index (χ1v) is 11.0. The van der Waals surface area contributed by atoms with Gasteiger partial charge in [0.25, 0.3) is 0 Å². The number of nitrogens with zero attached hydrogens (tertiary/aromatic N) is 4. The van der Waals surface area contributed by atoms with Gasteiger partial charge in [0.2, 0.25) is 5.95 Å². The van der Waals surface area contributed by atoms with Crippen molar-refractivity contribution in [3.8, 4) is 22.5 Å². The number of carbonyl (C=O) groups excluding carboxylic acids is 1. The van der Waals surface area contributed by atoms with E-state index in [1.54, 1.807) is 6.20 Å². The fourth-order valence-electron chi connectivity index (χ4n) is 3.70. The predicted octanol–water partition coefficient (Wildman–Crippen LogP) is 3.71. The Kier molecular flexibility index (Phi) is 5.68. The Morgan fingerprint density at radius 3 is 2.56 bits per heavy atom. The quantitative estimate of drug-likeness (QED) is 0.641. The minimum Gasteiger partial charge on any atom is -0.377 e. The number of anilines is 2. The molecule has 3 heterocycles. The van der Waals surface area contributed by atoms with Gasteiger partial charge in [-0.1, -0.05) is 12.1 Å². The molecule has 1 aromatic carbocycles. The summed E-state index contributed by atoms with van der Waals surface area (Å²) in [5.74, 6) is 0.683. The summed E-state index contributed by atoms with van der Waals surface area (Å²) in [6, 6.07) is 14.0. The summed E-state index contributed by atoms with van der Waals surface area (Å²) in [5.41, 5.74) is 4.28. The predicted molar refractivity (Wildman–Crippen MR) is 124 cm³/mol. The number of pyridine rings is 1. The number of amides is 2. The van der Waals surface area contributed by atoms with E-state index >= 15 is 0 Å². The molecule has 5 rings (SSSR count). The van der Waals surface area contributed by atoms with Crippen LogP contribution < -0.4 is 15.5 Å². The van der Waals surface area contributed by atoms with Crippen LogP contribution in [-0.4, -0.2) is 52.8 Å². The number of benzene rings is 1. The van der Waals surface area contributed by atoms with Gasteiger partial charge in [-0.25, -0.2) is 14.8 Å². The van der Waals surface area contributed by atoms with Crippen LogP contribution >= 0.6 is 0 Å². The molecule has 1 saturated carbocycles. The second-order valence-electron chi connectivity index (χ2n) is 8.25. The highest BCUT2D eigenvalue weighted by Gasteiger charge is 2.24. The maximum absolute atomic E-state index is 12.0. The third kappa shape index (κ3) is 4.70. The first kappa shape index (κ1) is 20.4. The van der Waals surface area contributed by atoms with Crippen molar-refractivity contribution in [2.75, 3.05) is 30.0 Å². The Morgan fingerprint density at radius 1 is 1.09 bits per heavy atom. The minimum absolute atomic E-state index is 0.162. The SMILES string of the molecule is C[C@H]1COCCN1c1nc(-c2ccc(NC(=O)NC3CC3)cc2)cc(-c2cccnc2)n1. The summed E-state index contributed by atoms with van der Waals surface area (Å²) >= 11 is 0. The van der Waals surface area contributed by atoms with Crippen LogP contribution in [0.3, 0.4) is 0 Å². The summed E-state index contributed by atoms with van der Waals surface area (Å²) < 4.78 is 5.59. The Bertz CT molecular complexity index is 1090. The van der Waals surface area contributed by atoms with Crippen LogP contribution in [0.5, 0.6) is 0 Å². The highest BCUT2D eigenvalue weighted by molar-refractivity contribution is 5.90. The molecule has 3 aromatic rings. The number of morpholine rings is 1. The van der Waals surface area contributed by atoms with Gasteiger partial charge in [-0.2, -0.15) is 0 Å². The Balaban J connectivity index is 1.45. The van der Waals surface area contributed by atoms with E-state index in [2.05, 4.69) is 27.4 Å². The van der Waals surface area contributed by atoms with Crippen molar-refractivity contribution in [3.05, 3.63) is 54.9 Å². The molecule has 2 N–H and O–H groups in total. The molecular formula is C24H26N6O2. The monoisotopic (exact) mass is 430 g/mol. The largest absolute Gasteiger partial charge is 0.377 e. The number of urea groups is 1. The average molecular weight is 431 g/mol. The van der Waals surface area contributed by atoms with Crippen molar-refractivity contribution in [2.45, 2.75) is 31.8 Å². The summed E-state index contributed by atoms with van der Waals surface area (Å²) in [7, 11) is 0. The molecule has 2 aromatic heterocycles. The summed E-state index contributed by atoms with van der Waals surface area (Å²) in [5, 5.41) is 5.81. The standard InChI is InChI=1S/C24H26N6O2/c1-16-15-32-12-11-30(16)23-28-21(13-22(29-23)18-3-2-10-25-14-18)17-4-6-19(7-5-17)26-24(31)27-20-8-9-20/h2-7,10,13-14,16,20H,8-9,11-12,15H2,1H3,(H2,26,27,31)/t16-/m0/s1. The number of rotatable bonds is 5. The van der Waals surface area contributed by atoms with Crippen molar-refractivity contribution < 1.29 is 9.53 Å². The second kappa shape index (κ2) is 8.92. The molecule has 1 aliphatic heterocycles. The molecule has 1 aliphatic carbocycles. The summed E-state index contributed by atoms with van der Waals surface area (Å²) in [4.78, 5) is 28.2. The lowest BCUT2D eigenvalue weighted by molar-refractivity contribution is 0.0981.